The molecular formula is C22H30O. The van der Waals surface area contributed by atoms with Crippen molar-refractivity contribution < 1.29 is 4.74 Å². The van der Waals surface area contributed by atoms with Crippen LogP contribution in [0.3, 0.4) is 0 Å². The lowest BCUT2D eigenvalue weighted by atomic mass is 10.0. The average Bonchev–Trinajstić information content (AvgIpc) is 2.59. The van der Waals surface area contributed by atoms with Crippen LogP contribution in [0.25, 0.3) is 0 Å². The van der Waals surface area contributed by atoms with E-state index in [4.69, 9.17) is 4.74 Å². The molecule has 0 heterocycles. The van der Waals surface area contributed by atoms with Gasteiger partial charge >= 0.3 is 0 Å². The van der Waals surface area contributed by atoms with E-state index in [1.165, 1.54) is 56.9 Å². The Bertz CT molecular complexity index is 533. The van der Waals surface area contributed by atoms with Gasteiger partial charge in [0.15, 0.2) is 0 Å². The molecule has 0 N–H and O–H groups in total. The average molecular weight is 310 g/mol. The Hall–Kier alpha value is -1.76. The molecule has 0 aliphatic heterocycles. The summed E-state index contributed by atoms with van der Waals surface area (Å²) in [7, 11) is 0. The van der Waals surface area contributed by atoms with Gasteiger partial charge in [0.25, 0.3) is 0 Å². The molecule has 0 bridgehead atoms. The molecule has 0 saturated heterocycles. The SMILES string of the molecule is CCCCCCCCCCc1ccccc1Oc1ccccc1. The van der Waals surface area contributed by atoms with E-state index in [0.717, 1.165) is 17.9 Å². The number of ether oxygens (including phenoxy) is 1. The molecule has 0 saturated carbocycles. The molecule has 23 heavy (non-hydrogen) atoms. The Morgan fingerprint density at radius 2 is 1.26 bits per heavy atom. The summed E-state index contributed by atoms with van der Waals surface area (Å²) in [6.07, 6.45) is 12.0. The third-order valence-corrected chi connectivity index (χ3v) is 4.24. The molecule has 0 atom stereocenters. The van der Waals surface area contributed by atoms with Crippen LogP contribution in [0, 0.1) is 0 Å². The number of hydrogen-bond acceptors (Lipinski definition) is 1. The summed E-state index contributed by atoms with van der Waals surface area (Å²) in [5, 5.41) is 0. The van der Waals surface area contributed by atoms with Crippen LogP contribution in [0.5, 0.6) is 11.5 Å². The number of para-hydroxylation sites is 2. The van der Waals surface area contributed by atoms with Crippen LogP contribution in [0.15, 0.2) is 54.6 Å². The van der Waals surface area contributed by atoms with Gasteiger partial charge in [-0.05, 0) is 36.6 Å². The van der Waals surface area contributed by atoms with Crippen molar-refractivity contribution in [2.75, 3.05) is 0 Å². The van der Waals surface area contributed by atoms with E-state index in [-0.39, 0.29) is 0 Å². The van der Waals surface area contributed by atoms with Gasteiger partial charge in [-0.2, -0.15) is 0 Å². The Morgan fingerprint density at radius 3 is 2.00 bits per heavy atom. The molecule has 0 spiro atoms. The summed E-state index contributed by atoms with van der Waals surface area (Å²) in [6, 6.07) is 18.5. The molecule has 2 aromatic rings. The first-order valence-electron chi connectivity index (χ1n) is 9.21. The van der Waals surface area contributed by atoms with Crippen molar-refractivity contribution in [3.63, 3.8) is 0 Å². The molecule has 1 nitrogen and oxygen atoms in total. The molecule has 2 rings (SSSR count). The van der Waals surface area contributed by atoms with Crippen LogP contribution < -0.4 is 4.74 Å². The van der Waals surface area contributed by atoms with E-state index < -0.39 is 0 Å². The zero-order valence-electron chi connectivity index (χ0n) is 14.5. The van der Waals surface area contributed by atoms with Gasteiger partial charge in [-0.25, -0.2) is 0 Å². The van der Waals surface area contributed by atoms with E-state index in [1.54, 1.807) is 0 Å². The normalized spacial score (nSPS) is 10.7. The van der Waals surface area contributed by atoms with Crippen molar-refractivity contribution in [3.05, 3.63) is 60.2 Å². The molecule has 0 aliphatic rings. The zero-order chi connectivity index (χ0) is 16.2. The fourth-order valence-electron chi connectivity index (χ4n) is 2.87. The van der Waals surface area contributed by atoms with Crippen LogP contribution in [-0.4, -0.2) is 0 Å². The van der Waals surface area contributed by atoms with Crippen molar-refractivity contribution >= 4 is 0 Å². The lowest BCUT2D eigenvalue weighted by molar-refractivity contribution is 0.474. The highest BCUT2D eigenvalue weighted by Crippen LogP contribution is 2.26. The van der Waals surface area contributed by atoms with Crippen LogP contribution in [0.1, 0.15) is 63.9 Å². The van der Waals surface area contributed by atoms with Gasteiger partial charge in [0, 0.05) is 0 Å². The smallest absolute Gasteiger partial charge is 0.130 e. The zero-order valence-corrected chi connectivity index (χ0v) is 14.5. The topological polar surface area (TPSA) is 9.23 Å². The first kappa shape index (κ1) is 17.6. The van der Waals surface area contributed by atoms with E-state index in [9.17, 15) is 0 Å². The Labute approximate surface area is 141 Å². The first-order valence-corrected chi connectivity index (χ1v) is 9.21. The summed E-state index contributed by atoms with van der Waals surface area (Å²) in [5.74, 6) is 1.91. The molecule has 0 unspecified atom stereocenters. The highest BCUT2D eigenvalue weighted by Gasteiger charge is 2.04. The fourth-order valence-corrected chi connectivity index (χ4v) is 2.87. The lowest BCUT2D eigenvalue weighted by Gasteiger charge is -2.11. The summed E-state index contributed by atoms with van der Waals surface area (Å²) in [6.45, 7) is 2.27. The van der Waals surface area contributed by atoms with Gasteiger partial charge in [-0.3, -0.25) is 0 Å². The maximum Gasteiger partial charge on any atom is 0.130 e. The second-order valence-electron chi connectivity index (χ2n) is 6.25. The van der Waals surface area contributed by atoms with E-state index >= 15 is 0 Å². The molecule has 0 radical (unpaired) electrons. The predicted molar refractivity (Wildman–Crippen MR) is 99.3 cm³/mol. The van der Waals surface area contributed by atoms with Crippen molar-refractivity contribution in [3.8, 4) is 11.5 Å². The van der Waals surface area contributed by atoms with Crippen LogP contribution in [0.2, 0.25) is 0 Å². The van der Waals surface area contributed by atoms with Crippen LogP contribution in [-0.2, 0) is 6.42 Å². The quantitative estimate of drug-likeness (QED) is 0.400. The van der Waals surface area contributed by atoms with Crippen LogP contribution in [0.4, 0.5) is 0 Å². The number of aryl methyl sites for hydroxylation is 1. The Kier molecular flexibility index (Phi) is 8.32. The molecule has 124 valence electrons. The maximum absolute atomic E-state index is 6.03. The molecule has 0 fully saturated rings. The van der Waals surface area contributed by atoms with E-state index in [0.29, 0.717) is 0 Å². The molecule has 2 aromatic carbocycles. The summed E-state index contributed by atoms with van der Waals surface area (Å²) < 4.78 is 6.03. The summed E-state index contributed by atoms with van der Waals surface area (Å²) in [4.78, 5) is 0. The molecular weight excluding hydrogens is 280 g/mol. The highest BCUT2D eigenvalue weighted by molar-refractivity contribution is 5.37. The summed E-state index contributed by atoms with van der Waals surface area (Å²) in [5.41, 5.74) is 1.32. The van der Waals surface area contributed by atoms with Gasteiger partial charge in [-0.1, -0.05) is 88.3 Å². The van der Waals surface area contributed by atoms with Crippen molar-refractivity contribution in [2.45, 2.75) is 64.7 Å². The second-order valence-corrected chi connectivity index (χ2v) is 6.25. The lowest BCUT2D eigenvalue weighted by Crippen LogP contribution is -1.92. The minimum absolute atomic E-state index is 0.913. The minimum atomic E-state index is 0.913. The molecule has 0 aliphatic carbocycles. The van der Waals surface area contributed by atoms with Crippen LogP contribution >= 0.6 is 0 Å². The molecule has 0 aromatic heterocycles. The second kappa shape index (κ2) is 10.9. The van der Waals surface area contributed by atoms with Gasteiger partial charge in [0.05, 0.1) is 0 Å². The van der Waals surface area contributed by atoms with Gasteiger partial charge < -0.3 is 4.74 Å². The molecule has 0 amide bonds. The van der Waals surface area contributed by atoms with Crippen molar-refractivity contribution in [2.24, 2.45) is 0 Å². The maximum atomic E-state index is 6.03. The highest BCUT2D eigenvalue weighted by atomic mass is 16.5. The first-order chi connectivity index (χ1) is 11.4. The monoisotopic (exact) mass is 310 g/mol. The van der Waals surface area contributed by atoms with Gasteiger partial charge in [0.2, 0.25) is 0 Å². The predicted octanol–water partition coefficient (Wildman–Crippen LogP) is 7.16. The third kappa shape index (κ3) is 6.90. The van der Waals surface area contributed by atoms with E-state index in [2.05, 4.69) is 31.2 Å². The fraction of sp³-hybridized carbons (Fsp3) is 0.455. The number of rotatable bonds is 11. The standard InChI is InChI=1S/C22H30O/c1-2-3-4-5-6-7-8-10-15-20-16-13-14-19-22(20)23-21-17-11-9-12-18-21/h9,11-14,16-19H,2-8,10,15H2,1H3. The van der Waals surface area contributed by atoms with E-state index in [1.807, 2.05) is 30.3 Å². The number of unbranched alkanes of at least 4 members (excludes halogenated alkanes) is 7. The van der Waals surface area contributed by atoms with Gasteiger partial charge in [-0.15, -0.1) is 0 Å². The summed E-state index contributed by atoms with van der Waals surface area (Å²) >= 11 is 0. The number of hydrogen-bond donors (Lipinski definition) is 0. The Morgan fingerprint density at radius 1 is 0.652 bits per heavy atom. The molecule has 1 heteroatoms. The van der Waals surface area contributed by atoms with Crippen molar-refractivity contribution in [1.29, 1.82) is 0 Å². The van der Waals surface area contributed by atoms with Gasteiger partial charge in [0.1, 0.15) is 11.5 Å². The van der Waals surface area contributed by atoms with Crippen molar-refractivity contribution in [1.82, 2.24) is 0 Å². The Balaban J connectivity index is 1.73. The largest absolute Gasteiger partial charge is 0.457 e. The number of benzene rings is 2. The minimum Gasteiger partial charge on any atom is -0.457 e. The third-order valence-electron chi connectivity index (χ3n) is 4.24.